The van der Waals surface area contributed by atoms with Crippen LogP contribution < -0.4 is 10.1 Å². The standard InChI is InChI=1S/C20H22N2O2/c1-13(2)17-6-5-7-18(14(3)4)19(17)22-20(23)24-16-10-8-15(12-21)9-11-16/h5-11,13-14H,1-4H3,(H,22,23). The lowest BCUT2D eigenvalue weighted by Crippen LogP contribution is -2.19. The Kier molecular flexibility index (Phi) is 5.59. The van der Waals surface area contributed by atoms with Gasteiger partial charge in [-0.25, -0.2) is 4.79 Å². The lowest BCUT2D eigenvalue weighted by Gasteiger charge is -2.19. The Morgan fingerprint density at radius 1 is 1.00 bits per heavy atom. The molecule has 2 aromatic carbocycles. The lowest BCUT2D eigenvalue weighted by molar-refractivity contribution is 0.215. The highest BCUT2D eigenvalue weighted by Gasteiger charge is 2.16. The summed E-state index contributed by atoms with van der Waals surface area (Å²) in [6, 6.07) is 14.5. The largest absolute Gasteiger partial charge is 0.417 e. The molecule has 1 amide bonds. The Bertz CT molecular complexity index is 730. The van der Waals surface area contributed by atoms with Gasteiger partial charge in [-0.1, -0.05) is 45.9 Å². The van der Waals surface area contributed by atoms with Gasteiger partial charge in [0.05, 0.1) is 17.3 Å². The zero-order valence-corrected chi connectivity index (χ0v) is 14.5. The van der Waals surface area contributed by atoms with Crippen LogP contribution in [0, 0.1) is 11.3 Å². The van der Waals surface area contributed by atoms with Crippen molar-refractivity contribution in [2.24, 2.45) is 0 Å². The molecule has 0 atom stereocenters. The zero-order valence-electron chi connectivity index (χ0n) is 14.5. The third kappa shape index (κ3) is 4.14. The van der Waals surface area contributed by atoms with E-state index in [2.05, 4.69) is 33.0 Å². The minimum absolute atomic E-state index is 0.286. The quantitative estimate of drug-likeness (QED) is 0.818. The number of carbonyl (C=O) groups excluding carboxylic acids is 1. The van der Waals surface area contributed by atoms with E-state index >= 15 is 0 Å². The number of nitrogens with one attached hydrogen (secondary N) is 1. The second kappa shape index (κ2) is 7.65. The summed E-state index contributed by atoms with van der Waals surface area (Å²) in [5, 5.41) is 11.7. The van der Waals surface area contributed by atoms with Crippen LogP contribution >= 0.6 is 0 Å². The number of carbonyl (C=O) groups is 1. The topological polar surface area (TPSA) is 62.1 Å². The molecule has 2 rings (SSSR count). The van der Waals surface area contributed by atoms with E-state index in [4.69, 9.17) is 10.00 Å². The summed E-state index contributed by atoms with van der Waals surface area (Å²) in [6.07, 6.45) is -0.533. The number of para-hydroxylation sites is 1. The van der Waals surface area contributed by atoms with Crippen LogP contribution in [-0.2, 0) is 0 Å². The van der Waals surface area contributed by atoms with Gasteiger partial charge in [0, 0.05) is 0 Å². The van der Waals surface area contributed by atoms with Gasteiger partial charge in [-0.2, -0.15) is 5.26 Å². The van der Waals surface area contributed by atoms with Crippen LogP contribution in [-0.4, -0.2) is 6.09 Å². The van der Waals surface area contributed by atoms with Gasteiger partial charge in [-0.3, -0.25) is 5.32 Å². The van der Waals surface area contributed by atoms with Crippen LogP contribution in [0.2, 0.25) is 0 Å². The van der Waals surface area contributed by atoms with Crippen molar-refractivity contribution >= 4 is 11.8 Å². The molecule has 2 aromatic rings. The number of amides is 1. The molecule has 0 aliphatic rings. The molecule has 0 fully saturated rings. The number of rotatable bonds is 4. The summed E-state index contributed by atoms with van der Waals surface area (Å²) in [7, 11) is 0. The number of nitriles is 1. The van der Waals surface area contributed by atoms with Crippen LogP contribution in [0.5, 0.6) is 5.75 Å². The van der Waals surface area contributed by atoms with Crippen molar-refractivity contribution in [1.82, 2.24) is 0 Å². The summed E-state index contributed by atoms with van der Waals surface area (Å²) in [5.74, 6) is 0.974. The normalized spacial score (nSPS) is 10.5. The molecule has 124 valence electrons. The summed E-state index contributed by atoms with van der Waals surface area (Å²) >= 11 is 0. The van der Waals surface area contributed by atoms with Crippen LogP contribution in [0.1, 0.15) is 56.2 Å². The molecule has 0 aliphatic carbocycles. The average Bonchev–Trinajstić information content (AvgIpc) is 2.55. The number of ether oxygens (including phenoxy) is 1. The lowest BCUT2D eigenvalue weighted by atomic mass is 9.93. The van der Waals surface area contributed by atoms with Crippen LogP contribution in [0.4, 0.5) is 10.5 Å². The minimum atomic E-state index is -0.533. The van der Waals surface area contributed by atoms with E-state index in [9.17, 15) is 4.79 Å². The van der Waals surface area contributed by atoms with Gasteiger partial charge in [0.1, 0.15) is 5.75 Å². The molecule has 0 unspecified atom stereocenters. The Hall–Kier alpha value is -2.80. The van der Waals surface area contributed by atoms with E-state index in [1.54, 1.807) is 24.3 Å². The minimum Gasteiger partial charge on any atom is -0.410 e. The van der Waals surface area contributed by atoms with E-state index in [0.717, 1.165) is 16.8 Å². The third-order valence-electron chi connectivity index (χ3n) is 3.79. The first-order chi connectivity index (χ1) is 11.4. The molecule has 1 N–H and O–H groups in total. The van der Waals surface area contributed by atoms with Crippen molar-refractivity contribution in [2.45, 2.75) is 39.5 Å². The molecule has 0 radical (unpaired) electrons. The molecule has 4 nitrogen and oxygen atoms in total. The highest BCUT2D eigenvalue weighted by Crippen LogP contribution is 2.32. The van der Waals surface area contributed by atoms with E-state index in [0.29, 0.717) is 11.3 Å². The number of benzene rings is 2. The maximum absolute atomic E-state index is 12.3. The fraction of sp³-hybridized carbons (Fsp3) is 0.300. The molecule has 0 aliphatic heterocycles. The molecule has 0 heterocycles. The maximum atomic E-state index is 12.3. The predicted molar refractivity (Wildman–Crippen MR) is 95.4 cm³/mol. The molecule has 4 heteroatoms. The fourth-order valence-electron chi connectivity index (χ4n) is 2.53. The van der Waals surface area contributed by atoms with Crippen molar-refractivity contribution in [2.75, 3.05) is 5.32 Å². The smallest absolute Gasteiger partial charge is 0.410 e. The van der Waals surface area contributed by atoms with Crippen molar-refractivity contribution in [3.8, 4) is 11.8 Å². The Balaban J connectivity index is 2.22. The van der Waals surface area contributed by atoms with Crippen LogP contribution in [0.25, 0.3) is 0 Å². The average molecular weight is 322 g/mol. The second-order valence-corrected chi connectivity index (χ2v) is 6.27. The van der Waals surface area contributed by atoms with Crippen LogP contribution in [0.15, 0.2) is 42.5 Å². The van der Waals surface area contributed by atoms with Crippen molar-refractivity contribution in [3.63, 3.8) is 0 Å². The number of anilines is 1. The molecule has 0 saturated carbocycles. The molecule has 0 spiro atoms. The molecule has 0 bridgehead atoms. The van der Waals surface area contributed by atoms with Gasteiger partial charge >= 0.3 is 6.09 Å². The Labute approximate surface area is 143 Å². The van der Waals surface area contributed by atoms with Crippen molar-refractivity contribution in [3.05, 3.63) is 59.2 Å². The molecular weight excluding hydrogens is 300 g/mol. The summed E-state index contributed by atoms with van der Waals surface area (Å²) < 4.78 is 5.33. The number of hydrogen-bond donors (Lipinski definition) is 1. The van der Waals surface area contributed by atoms with E-state index in [-0.39, 0.29) is 11.8 Å². The van der Waals surface area contributed by atoms with Gasteiger partial charge < -0.3 is 4.74 Å². The summed E-state index contributed by atoms with van der Waals surface area (Å²) in [5.41, 5.74) is 3.51. The second-order valence-electron chi connectivity index (χ2n) is 6.27. The fourth-order valence-corrected chi connectivity index (χ4v) is 2.53. The third-order valence-corrected chi connectivity index (χ3v) is 3.79. The van der Waals surface area contributed by atoms with Crippen molar-refractivity contribution in [1.29, 1.82) is 5.26 Å². The van der Waals surface area contributed by atoms with Gasteiger partial charge in [0.15, 0.2) is 0 Å². The SMILES string of the molecule is CC(C)c1cccc(C(C)C)c1NC(=O)Oc1ccc(C#N)cc1. The summed E-state index contributed by atoms with van der Waals surface area (Å²) in [4.78, 5) is 12.3. The molecular formula is C20H22N2O2. The van der Waals surface area contributed by atoms with Crippen molar-refractivity contribution < 1.29 is 9.53 Å². The van der Waals surface area contributed by atoms with Gasteiger partial charge in [0.2, 0.25) is 0 Å². The first kappa shape index (κ1) is 17.6. The maximum Gasteiger partial charge on any atom is 0.417 e. The van der Waals surface area contributed by atoms with E-state index in [1.165, 1.54) is 0 Å². The monoisotopic (exact) mass is 322 g/mol. The van der Waals surface area contributed by atoms with E-state index < -0.39 is 6.09 Å². The first-order valence-electron chi connectivity index (χ1n) is 8.04. The van der Waals surface area contributed by atoms with Gasteiger partial charge in [-0.05, 0) is 47.2 Å². The number of hydrogen-bond acceptors (Lipinski definition) is 3. The highest BCUT2D eigenvalue weighted by molar-refractivity contribution is 5.88. The predicted octanol–water partition coefficient (Wildman–Crippen LogP) is 5.42. The molecule has 0 aromatic heterocycles. The molecule has 0 saturated heterocycles. The summed E-state index contributed by atoms with van der Waals surface area (Å²) in [6.45, 7) is 8.38. The van der Waals surface area contributed by atoms with Gasteiger partial charge in [0.25, 0.3) is 0 Å². The Morgan fingerprint density at radius 3 is 2.00 bits per heavy atom. The molecule has 24 heavy (non-hydrogen) atoms. The van der Waals surface area contributed by atoms with Crippen LogP contribution in [0.3, 0.4) is 0 Å². The highest BCUT2D eigenvalue weighted by atomic mass is 16.6. The Morgan fingerprint density at radius 2 is 1.54 bits per heavy atom. The van der Waals surface area contributed by atoms with Gasteiger partial charge in [-0.15, -0.1) is 0 Å². The number of nitrogens with zero attached hydrogens (tertiary/aromatic N) is 1. The zero-order chi connectivity index (χ0) is 17.7. The first-order valence-corrected chi connectivity index (χ1v) is 8.04. The van der Waals surface area contributed by atoms with E-state index in [1.807, 2.05) is 24.3 Å².